The fourth-order valence-electron chi connectivity index (χ4n) is 2.32. The van der Waals surface area contributed by atoms with E-state index >= 15 is 0 Å². The van der Waals surface area contributed by atoms with Crippen LogP contribution in [0, 0.1) is 0 Å². The van der Waals surface area contributed by atoms with Crippen molar-refractivity contribution >= 4 is 15.9 Å². The number of ether oxygens (including phenoxy) is 1. The van der Waals surface area contributed by atoms with E-state index in [2.05, 4.69) is 61.0 Å². The summed E-state index contributed by atoms with van der Waals surface area (Å²) in [5, 5.41) is 1.15. The minimum atomic E-state index is 0.189. The number of unbranched alkanes of at least 4 members (excludes halogenated alkanes) is 6. The number of halogens is 1. The Morgan fingerprint density at radius 1 is 0.905 bits per heavy atom. The highest BCUT2D eigenvalue weighted by molar-refractivity contribution is 9.09. The molecule has 2 heteroatoms. The van der Waals surface area contributed by atoms with Crippen LogP contribution >= 0.6 is 15.9 Å². The molecular weight excluding hydrogens is 324 g/mol. The Labute approximate surface area is 139 Å². The molecule has 0 aliphatic carbocycles. The standard InChI is InChI=1S/C19H31BrO/c1-19(2,3)17-12-11-13-18(16-17)21-15-10-8-6-4-5-7-9-14-20/h11-13,16H,4-10,14-15H2,1-3H3. The fourth-order valence-corrected chi connectivity index (χ4v) is 2.72. The van der Waals surface area contributed by atoms with Crippen molar-refractivity contribution in [3.05, 3.63) is 29.8 Å². The van der Waals surface area contributed by atoms with E-state index in [-0.39, 0.29) is 5.41 Å². The average Bonchev–Trinajstić information content (AvgIpc) is 2.45. The zero-order chi connectivity index (χ0) is 15.6. The van der Waals surface area contributed by atoms with E-state index in [4.69, 9.17) is 4.74 Å². The van der Waals surface area contributed by atoms with Gasteiger partial charge in [-0.25, -0.2) is 0 Å². The molecule has 120 valence electrons. The van der Waals surface area contributed by atoms with E-state index in [1.165, 1.54) is 44.1 Å². The second-order valence-corrected chi connectivity index (χ2v) is 7.58. The van der Waals surface area contributed by atoms with Gasteiger partial charge in [-0.2, -0.15) is 0 Å². The first-order valence-corrected chi connectivity index (χ1v) is 9.45. The lowest BCUT2D eigenvalue weighted by atomic mass is 9.87. The smallest absolute Gasteiger partial charge is 0.119 e. The molecule has 0 spiro atoms. The van der Waals surface area contributed by atoms with Crippen LogP contribution in [0.5, 0.6) is 5.75 Å². The predicted octanol–water partition coefficient (Wildman–Crippen LogP) is 6.49. The fraction of sp³-hybridized carbons (Fsp3) is 0.684. The van der Waals surface area contributed by atoms with Crippen molar-refractivity contribution in [2.24, 2.45) is 0 Å². The summed E-state index contributed by atoms with van der Waals surface area (Å²) in [6, 6.07) is 8.52. The van der Waals surface area contributed by atoms with Gasteiger partial charge >= 0.3 is 0 Å². The highest BCUT2D eigenvalue weighted by Gasteiger charge is 2.13. The Balaban J connectivity index is 2.13. The Kier molecular flexibility index (Phi) is 9.07. The van der Waals surface area contributed by atoms with E-state index in [0.29, 0.717) is 0 Å². The summed E-state index contributed by atoms with van der Waals surface area (Å²) >= 11 is 3.48. The van der Waals surface area contributed by atoms with Crippen molar-refractivity contribution in [1.82, 2.24) is 0 Å². The quantitative estimate of drug-likeness (QED) is 0.344. The van der Waals surface area contributed by atoms with Gasteiger partial charge in [0.25, 0.3) is 0 Å². The molecule has 0 aliphatic heterocycles. The molecule has 0 amide bonds. The predicted molar refractivity (Wildman–Crippen MR) is 96.8 cm³/mol. The van der Waals surface area contributed by atoms with Crippen molar-refractivity contribution in [2.75, 3.05) is 11.9 Å². The molecule has 1 rings (SSSR count). The SMILES string of the molecule is CC(C)(C)c1cccc(OCCCCCCCCCBr)c1. The molecule has 1 aromatic rings. The molecule has 0 saturated carbocycles. The van der Waals surface area contributed by atoms with E-state index in [0.717, 1.165) is 24.1 Å². The second-order valence-electron chi connectivity index (χ2n) is 6.79. The summed E-state index contributed by atoms with van der Waals surface area (Å²) in [5.74, 6) is 1.01. The first-order chi connectivity index (χ1) is 10.0. The van der Waals surface area contributed by atoms with Crippen LogP contribution in [0.2, 0.25) is 0 Å². The molecule has 0 bridgehead atoms. The molecule has 1 aromatic carbocycles. The molecule has 0 heterocycles. The summed E-state index contributed by atoms with van der Waals surface area (Å²) in [6.45, 7) is 7.56. The topological polar surface area (TPSA) is 9.23 Å². The first kappa shape index (κ1) is 18.5. The van der Waals surface area contributed by atoms with Crippen molar-refractivity contribution in [1.29, 1.82) is 0 Å². The van der Waals surface area contributed by atoms with E-state index in [1.807, 2.05) is 0 Å². The maximum Gasteiger partial charge on any atom is 0.119 e. The number of rotatable bonds is 10. The molecule has 1 nitrogen and oxygen atoms in total. The third kappa shape index (κ3) is 8.50. The van der Waals surface area contributed by atoms with Gasteiger partial charge in [0.05, 0.1) is 6.61 Å². The van der Waals surface area contributed by atoms with E-state index < -0.39 is 0 Å². The summed E-state index contributed by atoms with van der Waals surface area (Å²) in [6.07, 6.45) is 9.21. The molecule has 0 radical (unpaired) electrons. The van der Waals surface area contributed by atoms with Gasteiger partial charge in [-0.05, 0) is 36.0 Å². The largest absolute Gasteiger partial charge is 0.494 e. The Bertz CT molecular complexity index is 381. The van der Waals surface area contributed by atoms with Crippen LogP contribution < -0.4 is 4.74 Å². The van der Waals surface area contributed by atoms with Gasteiger partial charge in [0.2, 0.25) is 0 Å². The van der Waals surface area contributed by atoms with Gasteiger partial charge in [-0.3, -0.25) is 0 Å². The van der Waals surface area contributed by atoms with Crippen LogP contribution in [-0.4, -0.2) is 11.9 Å². The van der Waals surface area contributed by atoms with Crippen molar-refractivity contribution in [3.63, 3.8) is 0 Å². The summed E-state index contributed by atoms with van der Waals surface area (Å²) in [4.78, 5) is 0. The van der Waals surface area contributed by atoms with E-state index in [9.17, 15) is 0 Å². The second kappa shape index (κ2) is 10.3. The number of hydrogen-bond donors (Lipinski definition) is 0. The van der Waals surface area contributed by atoms with Crippen molar-refractivity contribution in [2.45, 2.75) is 71.1 Å². The maximum absolute atomic E-state index is 5.88. The minimum absolute atomic E-state index is 0.189. The molecular formula is C19H31BrO. The molecule has 0 saturated heterocycles. The third-order valence-electron chi connectivity index (χ3n) is 3.75. The van der Waals surface area contributed by atoms with Crippen LogP contribution in [0.15, 0.2) is 24.3 Å². The summed E-state index contributed by atoms with van der Waals surface area (Å²) < 4.78 is 5.88. The lowest BCUT2D eigenvalue weighted by Crippen LogP contribution is -2.11. The summed E-state index contributed by atoms with van der Waals surface area (Å²) in [7, 11) is 0. The van der Waals surface area contributed by atoms with Crippen LogP contribution in [-0.2, 0) is 5.41 Å². The Hall–Kier alpha value is -0.500. The van der Waals surface area contributed by atoms with Crippen LogP contribution in [0.3, 0.4) is 0 Å². The lowest BCUT2D eigenvalue weighted by Gasteiger charge is -2.19. The molecule has 0 aliphatic rings. The number of hydrogen-bond acceptors (Lipinski definition) is 1. The average molecular weight is 355 g/mol. The lowest BCUT2D eigenvalue weighted by molar-refractivity contribution is 0.303. The minimum Gasteiger partial charge on any atom is -0.494 e. The number of benzene rings is 1. The Morgan fingerprint density at radius 3 is 2.14 bits per heavy atom. The highest BCUT2D eigenvalue weighted by atomic mass is 79.9. The van der Waals surface area contributed by atoms with Crippen molar-refractivity contribution < 1.29 is 4.74 Å². The van der Waals surface area contributed by atoms with Crippen LogP contribution in [0.1, 0.15) is 71.3 Å². The molecule has 21 heavy (non-hydrogen) atoms. The normalized spacial score (nSPS) is 11.6. The van der Waals surface area contributed by atoms with E-state index in [1.54, 1.807) is 0 Å². The molecule has 0 unspecified atom stereocenters. The van der Waals surface area contributed by atoms with Crippen LogP contribution in [0.4, 0.5) is 0 Å². The highest BCUT2D eigenvalue weighted by Crippen LogP contribution is 2.25. The first-order valence-electron chi connectivity index (χ1n) is 8.33. The van der Waals surface area contributed by atoms with Gasteiger partial charge < -0.3 is 4.74 Å². The summed E-state index contributed by atoms with van der Waals surface area (Å²) in [5.41, 5.74) is 1.53. The maximum atomic E-state index is 5.88. The van der Waals surface area contributed by atoms with Gasteiger partial charge in [0.1, 0.15) is 5.75 Å². The van der Waals surface area contributed by atoms with Crippen LogP contribution in [0.25, 0.3) is 0 Å². The Morgan fingerprint density at radius 2 is 1.52 bits per heavy atom. The monoisotopic (exact) mass is 354 g/mol. The molecule has 0 N–H and O–H groups in total. The van der Waals surface area contributed by atoms with Crippen molar-refractivity contribution in [3.8, 4) is 5.75 Å². The van der Waals surface area contributed by atoms with Gasteiger partial charge in [-0.1, -0.05) is 80.9 Å². The van der Waals surface area contributed by atoms with Gasteiger partial charge in [0, 0.05) is 5.33 Å². The zero-order valence-corrected chi connectivity index (χ0v) is 15.5. The third-order valence-corrected chi connectivity index (χ3v) is 4.31. The number of alkyl halides is 1. The molecule has 0 atom stereocenters. The van der Waals surface area contributed by atoms with Gasteiger partial charge in [0.15, 0.2) is 0 Å². The molecule has 0 aromatic heterocycles. The zero-order valence-electron chi connectivity index (χ0n) is 14.0. The van der Waals surface area contributed by atoms with Gasteiger partial charge in [-0.15, -0.1) is 0 Å². The molecule has 0 fully saturated rings.